The standard InChI is InChI=1S/C17H26N4O/c1-21(2)17(9-5-10-17)12-19-16(18)20-14-8-11-22-15-7-4-3-6-13(14)15/h3-4,6-7,14H,5,8-12H2,1-2H3,(H3,18,19,20). The highest BCUT2D eigenvalue weighted by Gasteiger charge is 2.38. The van der Waals surface area contributed by atoms with Gasteiger partial charge >= 0.3 is 0 Å². The second-order valence-electron chi connectivity index (χ2n) is 6.55. The molecule has 1 fully saturated rings. The number of benzene rings is 1. The van der Waals surface area contributed by atoms with Crippen molar-refractivity contribution >= 4 is 5.96 Å². The Hall–Kier alpha value is -1.75. The number of hydrogen-bond donors (Lipinski definition) is 2. The lowest BCUT2D eigenvalue weighted by Gasteiger charge is -2.46. The van der Waals surface area contributed by atoms with E-state index in [0.29, 0.717) is 12.6 Å². The molecule has 0 spiro atoms. The van der Waals surface area contributed by atoms with Crippen molar-refractivity contribution < 1.29 is 4.74 Å². The molecular formula is C17H26N4O. The number of guanidine groups is 1. The summed E-state index contributed by atoms with van der Waals surface area (Å²) in [4.78, 5) is 6.90. The van der Waals surface area contributed by atoms with Gasteiger partial charge in [-0.25, -0.2) is 0 Å². The first-order valence-electron chi connectivity index (χ1n) is 8.06. The van der Waals surface area contributed by atoms with Crippen molar-refractivity contribution in [3.63, 3.8) is 0 Å². The van der Waals surface area contributed by atoms with Gasteiger partial charge < -0.3 is 20.7 Å². The van der Waals surface area contributed by atoms with E-state index < -0.39 is 0 Å². The highest BCUT2D eigenvalue weighted by molar-refractivity contribution is 5.78. The smallest absolute Gasteiger partial charge is 0.189 e. The molecule has 1 atom stereocenters. The van der Waals surface area contributed by atoms with Crippen LogP contribution in [0.25, 0.3) is 0 Å². The van der Waals surface area contributed by atoms with Gasteiger partial charge in [0.05, 0.1) is 19.2 Å². The second kappa shape index (κ2) is 6.16. The van der Waals surface area contributed by atoms with Crippen molar-refractivity contribution in [2.45, 2.75) is 37.3 Å². The van der Waals surface area contributed by atoms with Crippen LogP contribution in [-0.4, -0.2) is 43.6 Å². The van der Waals surface area contributed by atoms with Gasteiger partial charge in [0, 0.05) is 17.5 Å². The van der Waals surface area contributed by atoms with Crippen molar-refractivity contribution in [3.05, 3.63) is 29.8 Å². The lowest BCUT2D eigenvalue weighted by molar-refractivity contribution is 0.0699. The molecule has 0 saturated heterocycles. The summed E-state index contributed by atoms with van der Waals surface area (Å²) in [7, 11) is 4.26. The van der Waals surface area contributed by atoms with Gasteiger partial charge in [0.15, 0.2) is 5.96 Å². The van der Waals surface area contributed by atoms with E-state index in [1.165, 1.54) is 19.3 Å². The molecule has 5 nitrogen and oxygen atoms in total. The quantitative estimate of drug-likeness (QED) is 0.659. The summed E-state index contributed by atoms with van der Waals surface area (Å²) >= 11 is 0. The fourth-order valence-corrected chi connectivity index (χ4v) is 3.28. The molecule has 0 amide bonds. The topological polar surface area (TPSA) is 62.9 Å². The summed E-state index contributed by atoms with van der Waals surface area (Å²) < 4.78 is 5.68. The summed E-state index contributed by atoms with van der Waals surface area (Å²) in [5, 5.41) is 3.36. The first kappa shape index (κ1) is 15.2. The van der Waals surface area contributed by atoms with Crippen LogP contribution in [0.5, 0.6) is 5.75 Å². The average Bonchev–Trinajstić information content (AvgIpc) is 2.46. The number of ether oxygens (including phenoxy) is 1. The SMILES string of the molecule is CN(C)C1(CN=C(N)NC2CCOc3ccccc32)CCC1. The summed E-state index contributed by atoms with van der Waals surface area (Å²) in [6.45, 7) is 1.48. The third kappa shape index (κ3) is 2.90. The summed E-state index contributed by atoms with van der Waals surface area (Å²) in [6.07, 6.45) is 4.61. The van der Waals surface area contributed by atoms with Crippen molar-refractivity contribution in [3.8, 4) is 5.75 Å². The molecule has 0 radical (unpaired) electrons. The van der Waals surface area contributed by atoms with Gasteiger partial charge in [-0.1, -0.05) is 18.2 Å². The van der Waals surface area contributed by atoms with E-state index in [2.05, 4.69) is 35.4 Å². The molecule has 1 saturated carbocycles. The molecule has 1 heterocycles. The maximum atomic E-state index is 6.13. The van der Waals surface area contributed by atoms with Crippen molar-refractivity contribution in [2.75, 3.05) is 27.2 Å². The Labute approximate surface area is 132 Å². The van der Waals surface area contributed by atoms with Gasteiger partial charge in [-0.05, 0) is 39.4 Å². The molecule has 0 bridgehead atoms. The van der Waals surface area contributed by atoms with Gasteiger partial charge in [-0.2, -0.15) is 0 Å². The number of fused-ring (bicyclic) bond motifs is 1. The lowest BCUT2D eigenvalue weighted by Crippen LogP contribution is -2.53. The van der Waals surface area contributed by atoms with Gasteiger partial charge in [0.25, 0.3) is 0 Å². The third-order valence-corrected chi connectivity index (χ3v) is 5.06. The van der Waals surface area contributed by atoms with Crippen LogP contribution in [0.15, 0.2) is 29.3 Å². The maximum absolute atomic E-state index is 6.13. The van der Waals surface area contributed by atoms with E-state index in [4.69, 9.17) is 10.5 Å². The number of rotatable bonds is 4. The number of para-hydroxylation sites is 1. The Bertz CT molecular complexity index is 551. The lowest BCUT2D eigenvalue weighted by atomic mass is 9.76. The Morgan fingerprint density at radius 3 is 2.86 bits per heavy atom. The Balaban J connectivity index is 1.65. The molecule has 1 unspecified atom stereocenters. The minimum Gasteiger partial charge on any atom is -0.493 e. The Morgan fingerprint density at radius 1 is 1.41 bits per heavy atom. The van der Waals surface area contributed by atoms with E-state index in [0.717, 1.165) is 24.3 Å². The van der Waals surface area contributed by atoms with Crippen LogP contribution in [0.3, 0.4) is 0 Å². The second-order valence-corrected chi connectivity index (χ2v) is 6.55. The minimum absolute atomic E-state index is 0.186. The molecule has 2 aliphatic rings. The molecule has 3 N–H and O–H groups in total. The van der Waals surface area contributed by atoms with E-state index in [1.54, 1.807) is 0 Å². The van der Waals surface area contributed by atoms with Crippen molar-refractivity contribution in [1.29, 1.82) is 0 Å². The number of hydrogen-bond acceptors (Lipinski definition) is 3. The Morgan fingerprint density at radius 2 is 2.18 bits per heavy atom. The molecule has 1 aliphatic carbocycles. The fourth-order valence-electron chi connectivity index (χ4n) is 3.28. The summed E-state index contributed by atoms with van der Waals surface area (Å²) in [5.41, 5.74) is 7.50. The van der Waals surface area contributed by atoms with Gasteiger partial charge in [-0.15, -0.1) is 0 Å². The molecule has 1 aromatic carbocycles. The van der Waals surface area contributed by atoms with Crippen molar-refractivity contribution in [2.24, 2.45) is 10.7 Å². The maximum Gasteiger partial charge on any atom is 0.189 e. The monoisotopic (exact) mass is 302 g/mol. The van der Waals surface area contributed by atoms with Crippen LogP contribution in [0.4, 0.5) is 0 Å². The van der Waals surface area contributed by atoms with Crippen LogP contribution in [0.1, 0.15) is 37.3 Å². The molecule has 5 heteroatoms. The predicted octanol–water partition coefficient (Wildman–Crippen LogP) is 1.90. The summed E-state index contributed by atoms with van der Waals surface area (Å²) in [5.74, 6) is 1.48. The van der Waals surface area contributed by atoms with Crippen LogP contribution >= 0.6 is 0 Å². The first-order valence-corrected chi connectivity index (χ1v) is 8.06. The average molecular weight is 302 g/mol. The molecule has 1 aromatic rings. The third-order valence-electron chi connectivity index (χ3n) is 5.06. The molecule has 120 valence electrons. The zero-order valence-corrected chi connectivity index (χ0v) is 13.5. The van der Waals surface area contributed by atoms with Crippen LogP contribution in [-0.2, 0) is 0 Å². The van der Waals surface area contributed by atoms with Crippen molar-refractivity contribution in [1.82, 2.24) is 10.2 Å². The van der Waals surface area contributed by atoms with E-state index in [1.807, 2.05) is 18.2 Å². The molecule has 1 aliphatic heterocycles. The molecule has 22 heavy (non-hydrogen) atoms. The largest absolute Gasteiger partial charge is 0.493 e. The zero-order valence-electron chi connectivity index (χ0n) is 13.5. The van der Waals surface area contributed by atoms with E-state index in [9.17, 15) is 0 Å². The Kier molecular flexibility index (Phi) is 4.25. The highest BCUT2D eigenvalue weighted by atomic mass is 16.5. The first-order chi connectivity index (χ1) is 10.6. The molecular weight excluding hydrogens is 276 g/mol. The van der Waals surface area contributed by atoms with Crippen LogP contribution in [0, 0.1) is 0 Å². The minimum atomic E-state index is 0.186. The van der Waals surface area contributed by atoms with Gasteiger partial charge in [-0.3, -0.25) is 4.99 Å². The van der Waals surface area contributed by atoms with E-state index in [-0.39, 0.29) is 11.6 Å². The normalized spacial score (nSPS) is 23.4. The zero-order chi connectivity index (χ0) is 15.6. The van der Waals surface area contributed by atoms with Crippen LogP contribution < -0.4 is 15.8 Å². The number of likely N-dealkylation sites (N-methyl/N-ethyl adjacent to an activating group) is 1. The summed E-state index contributed by atoms with van der Waals surface area (Å²) in [6, 6.07) is 8.31. The number of nitrogens with one attached hydrogen (secondary N) is 1. The van der Waals surface area contributed by atoms with Gasteiger partial charge in [0.1, 0.15) is 5.75 Å². The van der Waals surface area contributed by atoms with Crippen LogP contribution in [0.2, 0.25) is 0 Å². The number of aliphatic imine (C=N–C) groups is 1. The molecule has 3 rings (SSSR count). The number of nitrogens with two attached hydrogens (primary N) is 1. The highest BCUT2D eigenvalue weighted by Crippen LogP contribution is 2.36. The fraction of sp³-hybridized carbons (Fsp3) is 0.588. The predicted molar refractivity (Wildman–Crippen MR) is 89.2 cm³/mol. The molecule has 0 aromatic heterocycles. The van der Waals surface area contributed by atoms with Gasteiger partial charge in [0.2, 0.25) is 0 Å². The number of nitrogens with zero attached hydrogens (tertiary/aromatic N) is 2. The van der Waals surface area contributed by atoms with E-state index >= 15 is 0 Å².